The molecule has 0 aromatic rings. The van der Waals surface area contributed by atoms with Crippen LogP contribution in [0.4, 0.5) is 17.6 Å². The molecule has 4 nitrogen and oxygen atoms in total. The molecule has 2 N–H and O–H groups in total. The first kappa shape index (κ1) is 15.5. The normalized spacial score (nSPS) is 26.5. The van der Waals surface area contributed by atoms with Gasteiger partial charge in [-0.3, -0.25) is 9.69 Å². The molecule has 116 valence electrons. The van der Waals surface area contributed by atoms with Crippen LogP contribution in [0.2, 0.25) is 0 Å². The van der Waals surface area contributed by atoms with Crippen LogP contribution in [-0.2, 0) is 4.79 Å². The Kier molecular flexibility index (Phi) is 4.53. The number of likely N-dealkylation sites (tertiary alicyclic amines) is 2. The molecule has 1 amide bonds. The molecule has 0 spiro atoms. The fraction of sp³-hybridized carbons (Fsp3) is 0.917. The second kappa shape index (κ2) is 5.85. The van der Waals surface area contributed by atoms with Crippen molar-refractivity contribution in [3.05, 3.63) is 0 Å². The zero-order valence-electron chi connectivity index (χ0n) is 11.1. The SMILES string of the molecule is NC1CCN(C2CCN(C(=O)C(F)(F)C(F)F)C2)CC1. The maximum absolute atomic E-state index is 13.0. The third-order valence-electron chi connectivity index (χ3n) is 4.10. The van der Waals surface area contributed by atoms with E-state index in [1.807, 2.05) is 0 Å². The maximum Gasteiger partial charge on any atom is 0.383 e. The van der Waals surface area contributed by atoms with Crippen LogP contribution in [0.25, 0.3) is 0 Å². The lowest BCUT2D eigenvalue weighted by atomic mass is 10.0. The van der Waals surface area contributed by atoms with Crippen LogP contribution in [0.15, 0.2) is 0 Å². The van der Waals surface area contributed by atoms with E-state index in [0.717, 1.165) is 30.8 Å². The molecule has 2 fully saturated rings. The Morgan fingerprint density at radius 3 is 2.30 bits per heavy atom. The standard InChI is InChI=1S/C12H19F4N3O/c13-10(14)12(15,16)11(20)19-6-3-9(7-19)18-4-1-8(17)2-5-18/h8-10H,1-7,17H2. The van der Waals surface area contributed by atoms with E-state index < -0.39 is 18.3 Å². The van der Waals surface area contributed by atoms with Gasteiger partial charge in [0.25, 0.3) is 5.91 Å². The summed E-state index contributed by atoms with van der Waals surface area (Å²) in [5.41, 5.74) is 5.79. The summed E-state index contributed by atoms with van der Waals surface area (Å²) in [6.07, 6.45) is -1.75. The Morgan fingerprint density at radius 1 is 1.15 bits per heavy atom. The van der Waals surface area contributed by atoms with Crippen LogP contribution >= 0.6 is 0 Å². The van der Waals surface area contributed by atoms with Gasteiger partial charge in [0.1, 0.15) is 0 Å². The predicted octanol–water partition coefficient (Wildman–Crippen LogP) is 0.911. The lowest BCUT2D eigenvalue weighted by Crippen LogP contribution is -2.49. The molecule has 0 aliphatic carbocycles. The van der Waals surface area contributed by atoms with E-state index in [0.29, 0.717) is 6.42 Å². The summed E-state index contributed by atoms with van der Waals surface area (Å²) in [4.78, 5) is 14.4. The average Bonchev–Trinajstić information content (AvgIpc) is 2.88. The topological polar surface area (TPSA) is 49.6 Å². The lowest BCUT2D eigenvalue weighted by molar-refractivity contribution is -0.179. The minimum Gasteiger partial charge on any atom is -0.336 e. The van der Waals surface area contributed by atoms with Crippen LogP contribution in [0.3, 0.4) is 0 Å². The number of nitrogens with zero attached hydrogens (tertiary/aromatic N) is 2. The van der Waals surface area contributed by atoms with E-state index >= 15 is 0 Å². The third-order valence-corrected chi connectivity index (χ3v) is 4.10. The molecule has 2 aliphatic heterocycles. The number of carbonyl (C=O) groups is 1. The molecule has 8 heteroatoms. The van der Waals surface area contributed by atoms with Crippen molar-refractivity contribution < 1.29 is 22.4 Å². The van der Waals surface area contributed by atoms with E-state index in [1.54, 1.807) is 0 Å². The summed E-state index contributed by atoms with van der Waals surface area (Å²) in [6.45, 7) is 1.73. The van der Waals surface area contributed by atoms with Crippen molar-refractivity contribution in [1.29, 1.82) is 0 Å². The Labute approximate surface area is 114 Å². The maximum atomic E-state index is 13.0. The minimum absolute atomic E-state index is 0.0278. The fourth-order valence-corrected chi connectivity index (χ4v) is 2.81. The Hall–Kier alpha value is -0.890. The lowest BCUT2D eigenvalue weighted by Gasteiger charge is -2.34. The van der Waals surface area contributed by atoms with Crippen LogP contribution in [-0.4, -0.2) is 66.3 Å². The molecule has 0 bridgehead atoms. The Morgan fingerprint density at radius 2 is 1.75 bits per heavy atom. The molecule has 0 saturated carbocycles. The minimum atomic E-state index is -4.58. The zero-order chi connectivity index (χ0) is 14.9. The number of rotatable bonds is 3. The summed E-state index contributed by atoms with van der Waals surface area (Å²) in [5, 5.41) is 0. The van der Waals surface area contributed by atoms with E-state index in [4.69, 9.17) is 5.73 Å². The summed E-state index contributed by atoms with van der Waals surface area (Å²) < 4.78 is 50.5. The second-order valence-corrected chi connectivity index (χ2v) is 5.49. The van der Waals surface area contributed by atoms with Gasteiger partial charge in [-0.25, -0.2) is 8.78 Å². The van der Waals surface area contributed by atoms with Gasteiger partial charge >= 0.3 is 12.3 Å². The molecule has 0 aromatic heterocycles. The van der Waals surface area contributed by atoms with Gasteiger partial charge in [0.05, 0.1) is 0 Å². The molecule has 2 rings (SSSR count). The molecule has 20 heavy (non-hydrogen) atoms. The van der Waals surface area contributed by atoms with Gasteiger partial charge in [0.2, 0.25) is 0 Å². The van der Waals surface area contributed by atoms with Crippen molar-refractivity contribution in [2.45, 2.75) is 43.7 Å². The van der Waals surface area contributed by atoms with E-state index in [1.165, 1.54) is 0 Å². The fourth-order valence-electron chi connectivity index (χ4n) is 2.81. The Bertz CT molecular complexity index is 359. The first-order valence-electron chi connectivity index (χ1n) is 6.77. The first-order valence-corrected chi connectivity index (χ1v) is 6.77. The number of hydrogen-bond acceptors (Lipinski definition) is 3. The van der Waals surface area contributed by atoms with Gasteiger partial charge in [0, 0.05) is 25.2 Å². The van der Waals surface area contributed by atoms with Crippen LogP contribution < -0.4 is 5.73 Å². The van der Waals surface area contributed by atoms with E-state index in [2.05, 4.69) is 4.90 Å². The number of hydrogen-bond donors (Lipinski definition) is 1. The summed E-state index contributed by atoms with van der Waals surface area (Å²) in [7, 11) is 0. The van der Waals surface area contributed by atoms with Gasteiger partial charge in [-0.2, -0.15) is 8.78 Å². The number of carbonyl (C=O) groups excluding carboxylic acids is 1. The zero-order valence-corrected chi connectivity index (χ0v) is 11.1. The van der Waals surface area contributed by atoms with Crippen molar-refractivity contribution >= 4 is 5.91 Å². The van der Waals surface area contributed by atoms with Crippen LogP contribution in [0, 0.1) is 0 Å². The molecule has 2 heterocycles. The highest BCUT2D eigenvalue weighted by molar-refractivity contribution is 5.84. The highest BCUT2D eigenvalue weighted by atomic mass is 19.3. The summed E-state index contributed by atoms with van der Waals surface area (Å²) >= 11 is 0. The average molecular weight is 297 g/mol. The molecular formula is C12H19F4N3O. The monoisotopic (exact) mass is 297 g/mol. The van der Waals surface area contributed by atoms with Gasteiger partial charge in [-0.05, 0) is 32.4 Å². The van der Waals surface area contributed by atoms with Gasteiger partial charge in [-0.1, -0.05) is 0 Å². The number of amides is 1. The number of nitrogens with two attached hydrogens (primary N) is 1. The Balaban J connectivity index is 1.90. The van der Waals surface area contributed by atoms with Gasteiger partial charge in [0.15, 0.2) is 0 Å². The highest BCUT2D eigenvalue weighted by Gasteiger charge is 2.52. The quantitative estimate of drug-likeness (QED) is 0.788. The van der Waals surface area contributed by atoms with Crippen molar-refractivity contribution in [2.75, 3.05) is 26.2 Å². The third kappa shape index (κ3) is 3.06. The predicted molar refractivity (Wildman–Crippen MR) is 64.7 cm³/mol. The number of halogens is 4. The van der Waals surface area contributed by atoms with Crippen molar-refractivity contribution in [1.82, 2.24) is 9.80 Å². The largest absolute Gasteiger partial charge is 0.383 e. The molecular weight excluding hydrogens is 278 g/mol. The first-order chi connectivity index (χ1) is 9.32. The van der Waals surface area contributed by atoms with E-state index in [9.17, 15) is 22.4 Å². The van der Waals surface area contributed by atoms with Crippen molar-refractivity contribution in [3.63, 3.8) is 0 Å². The van der Waals surface area contributed by atoms with Crippen LogP contribution in [0.5, 0.6) is 0 Å². The molecule has 1 atom stereocenters. The molecule has 0 radical (unpaired) electrons. The van der Waals surface area contributed by atoms with Crippen molar-refractivity contribution in [3.8, 4) is 0 Å². The van der Waals surface area contributed by atoms with Crippen molar-refractivity contribution in [2.24, 2.45) is 5.73 Å². The van der Waals surface area contributed by atoms with Gasteiger partial charge < -0.3 is 10.6 Å². The van der Waals surface area contributed by atoms with E-state index in [-0.39, 0.29) is 25.2 Å². The number of alkyl halides is 4. The molecule has 0 aromatic carbocycles. The summed E-state index contributed by atoms with van der Waals surface area (Å²) in [6, 6.07) is 0.133. The van der Waals surface area contributed by atoms with Crippen LogP contribution in [0.1, 0.15) is 19.3 Å². The van der Waals surface area contributed by atoms with Gasteiger partial charge in [-0.15, -0.1) is 0 Å². The second-order valence-electron chi connectivity index (χ2n) is 5.49. The summed E-state index contributed by atoms with van der Waals surface area (Å²) in [5.74, 6) is -6.34. The smallest absolute Gasteiger partial charge is 0.336 e. The molecule has 2 saturated heterocycles. The molecule has 2 aliphatic rings. The molecule has 1 unspecified atom stereocenters. The highest BCUT2D eigenvalue weighted by Crippen LogP contribution is 2.28. The number of piperidine rings is 1.